The predicted octanol–water partition coefficient (Wildman–Crippen LogP) is 3.30. The molecular weight excluding hydrogens is 392 g/mol. The second-order valence-electron chi connectivity index (χ2n) is 7.41. The Balaban J connectivity index is 2.05. The van der Waals surface area contributed by atoms with Crippen molar-refractivity contribution in [3.63, 3.8) is 0 Å². The number of benzene rings is 2. The maximum atomic E-state index is 13.1. The van der Waals surface area contributed by atoms with Crippen molar-refractivity contribution >= 4 is 34.3 Å². The average Bonchev–Trinajstić information content (AvgIpc) is 2.65. The zero-order valence-electron chi connectivity index (χ0n) is 16.2. The third-order valence-electron chi connectivity index (χ3n) is 3.91. The summed E-state index contributed by atoms with van der Waals surface area (Å²) in [6.45, 7) is 5.66. The largest absolute Gasteiger partial charge is 0.351 e. The zero-order chi connectivity index (χ0) is 21.2. The molecule has 9 heteroatoms. The fourth-order valence-electron chi connectivity index (χ4n) is 2.74. The van der Waals surface area contributed by atoms with Gasteiger partial charge in [-0.25, -0.2) is 4.98 Å². The molecule has 0 fully saturated rings. The molecule has 0 radical (unpaired) electrons. The second-order valence-corrected chi connectivity index (χ2v) is 8.35. The molecule has 0 bridgehead atoms. The van der Waals surface area contributed by atoms with E-state index in [2.05, 4.69) is 10.3 Å². The summed E-state index contributed by atoms with van der Waals surface area (Å²) in [5, 5.41) is 14.6. The van der Waals surface area contributed by atoms with Crippen LogP contribution in [0.1, 0.15) is 20.8 Å². The minimum absolute atomic E-state index is 0.0747. The molecule has 8 nitrogen and oxygen atoms in total. The minimum atomic E-state index is -0.502. The summed E-state index contributed by atoms with van der Waals surface area (Å²) in [7, 11) is 0. The van der Waals surface area contributed by atoms with Crippen LogP contribution in [-0.4, -0.2) is 31.7 Å². The van der Waals surface area contributed by atoms with Gasteiger partial charge >= 0.3 is 0 Å². The van der Waals surface area contributed by atoms with Crippen molar-refractivity contribution in [2.45, 2.75) is 31.5 Å². The van der Waals surface area contributed by atoms with E-state index >= 15 is 0 Å². The molecule has 29 heavy (non-hydrogen) atoms. The molecule has 0 saturated carbocycles. The lowest BCUT2D eigenvalue weighted by Gasteiger charge is -2.20. The molecule has 0 saturated heterocycles. The van der Waals surface area contributed by atoms with E-state index in [1.165, 1.54) is 28.8 Å². The van der Waals surface area contributed by atoms with Gasteiger partial charge < -0.3 is 5.32 Å². The Hall–Kier alpha value is -3.20. The van der Waals surface area contributed by atoms with Crippen molar-refractivity contribution in [1.82, 2.24) is 14.9 Å². The molecule has 150 valence electrons. The number of carbonyl (C=O) groups is 1. The van der Waals surface area contributed by atoms with E-state index in [0.29, 0.717) is 21.7 Å². The monoisotopic (exact) mass is 412 g/mol. The molecule has 0 aliphatic heterocycles. The third kappa shape index (κ3) is 4.80. The number of para-hydroxylation sites is 1. The number of non-ortho nitro benzene ring substituents is 1. The number of rotatable bonds is 5. The molecule has 2 aromatic carbocycles. The molecule has 0 spiro atoms. The first-order valence-electron chi connectivity index (χ1n) is 8.86. The van der Waals surface area contributed by atoms with Crippen LogP contribution in [-0.2, 0) is 4.79 Å². The predicted molar refractivity (Wildman–Crippen MR) is 113 cm³/mol. The van der Waals surface area contributed by atoms with Crippen molar-refractivity contribution in [3.8, 4) is 5.69 Å². The standard InChI is InChI=1S/C20H20N4O4S/c1-20(2,3)22-17(25)12-29-19-21-16-7-5-4-6-15(16)18(26)23(19)13-8-10-14(11-9-13)24(27)28/h4-11H,12H2,1-3H3,(H,22,25). The van der Waals surface area contributed by atoms with Crippen LogP contribution in [0.3, 0.4) is 0 Å². The van der Waals surface area contributed by atoms with Gasteiger partial charge in [-0.1, -0.05) is 23.9 Å². The first kappa shape index (κ1) is 20.5. The van der Waals surface area contributed by atoms with Crippen LogP contribution in [0, 0.1) is 10.1 Å². The van der Waals surface area contributed by atoms with E-state index < -0.39 is 4.92 Å². The number of nitrogens with one attached hydrogen (secondary N) is 1. The van der Waals surface area contributed by atoms with Crippen LogP contribution in [0.15, 0.2) is 58.5 Å². The Labute approximate surface area is 171 Å². The first-order chi connectivity index (χ1) is 13.7. The quantitative estimate of drug-likeness (QED) is 0.298. The first-order valence-corrected chi connectivity index (χ1v) is 9.85. The molecule has 0 aliphatic rings. The van der Waals surface area contributed by atoms with Crippen LogP contribution in [0.25, 0.3) is 16.6 Å². The fraction of sp³-hybridized carbons (Fsp3) is 0.250. The van der Waals surface area contributed by atoms with E-state index in [1.54, 1.807) is 24.3 Å². The molecule has 0 unspecified atom stereocenters. The van der Waals surface area contributed by atoms with Crippen molar-refractivity contribution < 1.29 is 9.72 Å². The van der Waals surface area contributed by atoms with Crippen LogP contribution < -0.4 is 10.9 Å². The summed E-state index contributed by atoms with van der Waals surface area (Å²) in [5.74, 6) is -0.102. The number of thioether (sulfide) groups is 1. The SMILES string of the molecule is CC(C)(C)NC(=O)CSc1nc2ccccc2c(=O)n1-c1ccc([N+](=O)[O-])cc1. The van der Waals surface area contributed by atoms with Gasteiger partial charge in [0.15, 0.2) is 5.16 Å². The Bertz CT molecular complexity index is 1130. The zero-order valence-corrected chi connectivity index (χ0v) is 17.0. The number of amides is 1. The van der Waals surface area contributed by atoms with Crippen LogP contribution in [0.2, 0.25) is 0 Å². The fourth-order valence-corrected chi connectivity index (χ4v) is 3.56. The highest BCUT2D eigenvalue weighted by molar-refractivity contribution is 7.99. The van der Waals surface area contributed by atoms with Gasteiger partial charge in [-0.15, -0.1) is 0 Å². The van der Waals surface area contributed by atoms with Crippen molar-refractivity contribution in [2.75, 3.05) is 5.75 Å². The Morgan fingerprint density at radius 2 is 1.83 bits per heavy atom. The Morgan fingerprint density at radius 3 is 2.45 bits per heavy atom. The molecule has 3 rings (SSSR count). The summed E-state index contributed by atoms with van der Waals surface area (Å²) >= 11 is 1.14. The van der Waals surface area contributed by atoms with Gasteiger partial charge in [0.2, 0.25) is 5.91 Å². The highest BCUT2D eigenvalue weighted by Crippen LogP contribution is 2.23. The van der Waals surface area contributed by atoms with Crippen molar-refractivity contribution in [3.05, 3.63) is 69.0 Å². The van der Waals surface area contributed by atoms with Gasteiger partial charge in [-0.05, 0) is 45.0 Å². The third-order valence-corrected chi connectivity index (χ3v) is 4.85. The van der Waals surface area contributed by atoms with E-state index in [9.17, 15) is 19.7 Å². The lowest BCUT2D eigenvalue weighted by atomic mass is 10.1. The molecule has 1 aromatic heterocycles. The van der Waals surface area contributed by atoms with Gasteiger partial charge in [0, 0.05) is 17.7 Å². The van der Waals surface area contributed by atoms with Crippen molar-refractivity contribution in [2.24, 2.45) is 0 Å². The number of aromatic nitrogens is 2. The summed E-state index contributed by atoms with van der Waals surface area (Å²) < 4.78 is 1.38. The van der Waals surface area contributed by atoms with Crippen LogP contribution >= 0.6 is 11.8 Å². The smallest absolute Gasteiger partial charge is 0.269 e. The van der Waals surface area contributed by atoms with Gasteiger partial charge in [-0.3, -0.25) is 24.3 Å². The molecule has 1 amide bonds. The number of hydrogen-bond acceptors (Lipinski definition) is 6. The molecule has 3 aromatic rings. The number of hydrogen-bond donors (Lipinski definition) is 1. The maximum absolute atomic E-state index is 13.1. The lowest BCUT2D eigenvalue weighted by molar-refractivity contribution is -0.384. The Kier molecular flexibility index (Phi) is 5.69. The van der Waals surface area contributed by atoms with E-state index in [1.807, 2.05) is 20.8 Å². The molecular formula is C20H20N4O4S. The number of nitro groups is 1. The number of fused-ring (bicyclic) bond motifs is 1. The lowest BCUT2D eigenvalue weighted by Crippen LogP contribution is -2.41. The summed E-state index contributed by atoms with van der Waals surface area (Å²) in [6, 6.07) is 12.6. The van der Waals surface area contributed by atoms with Crippen LogP contribution in [0.5, 0.6) is 0 Å². The van der Waals surface area contributed by atoms with Gasteiger partial charge in [0.25, 0.3) is 11.2 Å². The van der Waals surface area contributed by atoms with Gasteiger partial charge in [-0.2, -0.15) is 0 Å². The molecule has 0 aliphatic carbocycles. The summed E-state index contributed by atoms with van der Waals surface area (Å²) in [4.78, 5) is 40.3. The average molecular weight is 412 g/mol. The number of carbonyl (C=O) groups excluding carboxylic acids is 1. The van der Waals surface area contributed by atoms with E-state index in [4.69, 9.17) is 0 Å². The van der Waals surface area contributed by atoms with Gasteiger partial charge in [0.1, 0.15) is 0 Å². The van der Waals surface area contributed by atoms with Gasteiger partial charge in [0.05, 0.1) is 27.3 Å². The summed E-state index contributed by atoms with van der Waals surface area (Å²) in [6.07, 6.45) is 0. The molecule has 1 heterocycles. The van der Waals surface area contributed by atoms with E-state index in [-0.39, 0.29) is 28.4 Å². The van der Waals surface area contributed by atoms with E-state index in [0.717, 1.165) is 11.8 Å². The summed E-state index contributed by atoms with van der Waals surface area (Å²) in [5.41, 5.74) is 0.219. The van der Waals surface area contributed by atoms with Crippen LogP contribution in [0.4, 0.5) is 5.69 Å². The highest BCUT2D eigenvalue weighted by atomic mass is 32.2. The highest BCUT2D eigenvalue weighted by Gasteiger charge is 2.18. The molecule has 0 atom stereocenters. The molecule has 1 N–H and O–H groups in total. The topological polar surface area (TPSA) is 107 Å². The minimum Gasteiger partial charge on any atom is -0.351 e. The normalized spacial score (nSPS) is 11.4. The number of nitrogens with zero attached hydrogens (tertiary/aromatic N) is 3. The maximum Gasteiger partial charge on any atom is 0.269 e. The number of nitro benzene ring substituents is 1. The van der Waals surface area contributed by atoms with Crippen molar-refractivity contribution in [1.29, 1.82) is 0 Å². The Morgan fingerprint density at radius 1 is 1.17 bits per heavy atom. The second kappa shape index (κ2) is 8.04.